The summed E-state index contributed by atoms with van der Waals surface area (Å²) in [7, 11) is 1.89. The van der Waals surface area contributed by atoms with Crippen LogP contribution < -0.4 is 0 Å². The lowest BCUT2D eigenvalue weighted by Crippen LogP contribution is -2.36. The van der Waals surface area contributed by atoms with Gasteiger partial charge in [0.2, 0.25) is 0 Å². The summed E-state index contributed by atoms with van der Waals surface area (Å²) in [5, 5.41) is 1.93. The smallest absolute Gasteiger partial charge is 0.254 e. The molecule has 0 unspecified atom stereocenters. The van der Waals surface area contributed by atoms with Crippen LogP contribution >= 0.6 is 33.9 Å². The van der Waals surface area contributed by atoms with Gasteiger partial charge in [0.25, 0.3) is 5.91 Å². The Balaban J connectivity index is 2.76. The zero-order valence-corrected chi connectivity index (χ0v) is 12.3. The van der Waals surface area contributed by atoms with Gasteiger partial charge < -0.3 is 4.90 Å². The molecule has 0 aliphatic rings. The fourth-order valence-electron chi connectivity index (χ4n) is 1.63. The molecular weight excluding hydrogens is 321 g/mol. The zero-order chi connectivity index (χ0) is 11.4. The molecule has 1 amide bonds. The third-order valence-electron chi connectivity index (χ3n) is 2.62. The van der Waals surface area contributed by atoms with Crippen LogP contribution in [0.4, 0.5) is 0 Å². The maximum atomic E-state index is 12.0. The predicted molar refractivity (Wildman–Crippen MR) is 73.5 cm³/mol. The van der Waals surface area contributed by atoms with E-state index in [0.29, 0.717) is 6.04 Å². The highest BCUT2D eigenvalue weighted by Gasteiger charge is 2.18. The van der Waals surface area contributed by atoms with Crippen molar-refractivity contribution in [3.8, 4) is 0 Å². The fourth-order valence-corrected chi connectivity index (χ4v) is 2.95. The van der Waals surface area contributed by atoms with Crippen molar-refractivity contribution in [1.29, 1.82) is 0 Å². The van der Waals surface area contributed by atoms with Crippen molar-refractivity contribution in [3.05, 3.63) is 19.9 Å². The number of hydrogen-bond donors (Lipinski definition) is 0. The Labute approximate surface area is 109 Å². The standard InChI is InChI=1S/C11H16INOS/c1-4-9(5-2)13(3)11(14)8-6-10(12)15-7-8/h6-7,9H,4-5H2,1-3H3. The van der Waals surface area contributed by atoms with Crippen LogP contribution in [0.25, 0.3) is 0 Å². The number of amides is 1. The Morgan fingerprint density at radius 1 is 1.53 bits per heavy atom. The Bertz CT molecular complexity index is 333. The molecule has 0 atom stereocenters. The molecule has 0 fully saturated rings. The van der Waals surface area contributed by atoms with E-state index >= 15 is 0 Å². The van der Waals surface area contributed by atoms with Crippen LogP contribution in [-0.2, 0) is 0 Å². The van der Waals surface area contributed by atoms with Gasteiger partial charge in [0.15, 0.2) is 0 Å². The number of nitrogens with zero attached hydrogens (tertiary/aromatic N) is 1. The van der Waals surface area contributed by atoms with Gasteiger partial charge in [-0.3, -0.25) is 4.79 Å². The van der Waals surface area contributed by atoms with E-state index < -0.39 is 0 Å². The van der Waals surface area contributed by atoms with Crippen molar-refractivity contribution in [2.24, 2.45) is 0 Å². The molecule has 0 saturated heterocycles. The molecule has 1 heterocycles. The Morgan fingerprint density at radius 2 is 2.13 bits per heavy atom. The first kappa shape index (κ1) is 13.0. The Kier molecular flexibility index (Phi) is 5.05. The van der Waals surface area contributed by atoms with Crippen LogP contribution in [0, 0.1) is 2.88 Å². The Morgan fingerprint density at radius 3 is 2.53 bits per heavy atom. The molecule has 2 nitrogen and oxygen atoms in total. The van der Waals surface area contributed by atoms with Crippen LogP contribution in [0.5, 0.6) is 0 Å². The van der Waals surface area contributed by atoms with Crippen LogP contribution in [0.1, 0.15) is 37.0 Å². The average molecular weight is 337 g/mol. The zero-order valence-electron chi connectivity index (χ0n) is 9.29. The fraction of sp³-hybridized carbons (Fsp3) is 0.545. The highest BCUT2D eigenvalue weighted by atomic mass is 127. The molecule has 4 heteroatoms. The van der Waals surface area contributed by atoms with Crippen molar-refractivity contribution in [3.63, 3.8) is 0 Å². The van der Waals surface area contributed by atoms with E-state index in [1.54, 1.807) is 11.3 Å². The molecular formula is C11H16INOS. The summed E-state index contributed by atoms with van der Waals surface area (Å²) in [5.74, 6) is 0.142. The van der Waals surface area contributed by atoms with Gasteiger partial charge in [-0.15, -0.1) is 11.3 Å². The van der Waals surface area contributed by atoms with E-state index in [-0.39, 0.29) is 5.91 Å². The van der Waals surface area contributed by atoms with Crippen molar-refractivity contribution in [1.82, 2.24) is 4.90 Å². The SMILES string of the molecule is CCC(CC)N(C)C(=O)c1csc(I)c1. The quantitative estimate of drug-likeness (QED) is 0.769. The molecule has 84 valence electrons. The summed E-state index contributed by atoms with van der Waals surface area (Å²) in [6.45, 7) is 4.24. The average Bonchev–Trinajstić information content (AvgIpc) is 2.65. The largest absolute Gasteiger partial charge is 0.339 e. The Hall–Kier alpha value is -0.100. The summed E-state index contributed by atoms with van der Waals surface area (Å²) in [6, 6.07) is 2.31. The molecule has 0 N–H and O–H groups in total. The minimum absolute atomic E-state index is 0.142. The molecule has 1 aromatic rings. The van der Waals surface area contributed by atoms with Crippen LogP contribution in [0.2, 0.25) is 0 Å². The van der Waals surface area contributed by atoms with Crippen LogP contribution in [0.15, 0.2) is 11.4 Å². The lowest BCUT2D eigenvalue weighted by molar-refractivity contribution is 0.0724. The second-order valence-corrected chi connectivity index (χ2v) is 6.33. The van der Waals surface area contributed by atoms with Crippen molar-refractivity contribution in [2.75, 3.05) is 7.05 Å². The normalized spacial score (nSPS) is 10.7. The predicted octanol–water partition coefficient (Wildman–Crippen LogP) is 3.61. The second-order valence-electron chi connectivity index (χ2n) is 3.53. The topological polar surface area (TPSA) is 20.3 Å². The number of carbonyl (C=O) groups excluding carboxylic acids is 1. The number of rotatable bonds is 4. The first-order valence-corrected chi connectivity index (χ1v) is 7.07. The number of thiophene rings is 1. The third kappa shape index (κ3) is 3.17. The first-order valence-electron chi connectivity index (χ1n) is 5.11. The van der Waals surface area contributed by atoms with Crippen LogP contribution in [-0.4, -0.2) is 23.9 Å². The van der Waals surface area contributed by atoms with Gasteiger partial charge in [-0.1, -0.05) is 13.8 Å². The summed E-state index contributed by atoms with van der Waals surface area (Å²) >= 11 is 3.86. The van der Waals surface area contributed by atoms with Crippen molar-refractivity contribution < 1.29 is 4.79 Å². The minimum atomic E-state index is 0.142. The van der Waals surface area contributed by atoms with Gasteiger partial charge in [0.1, 0.15) is 0 Å². The highest BCUT2D eigenvalue weighted by Crippen LogP contribution is 2.19. The third-order valence-corrected chi connectivity index (χ3v) is 4.41. The van der Waals surface area contributed by atoms with E-state index in [9.17, 15) is 4.79 Å². The van der Waals surface area contributed by atoms with E-state index in [1.165, 1.54) is 0 Å². The van der Waals surface area contributed by atoms with Gasteiger partial charge in [0, 0.05) is 18.5 Å². The highest BCUT2D eigenvalue weighted by molar-refractivity contribution is 14.1. The summed E-state index contributed by atoms with van der Waals surface area (Å²) in [6.07, 6.45) is 2.03. The number of carbonyl (C=O) groups is 1. The lowest BCUT2D eigenvalue weighted by atomic mass is 10.1. The van der Waals surface area contributed by atoms with Gasteiger partial charge in [-0.05, 0) is 41.5 Å². The molecule has 0 aromatic carbocycles. The monoisotopic (exact) mass is 337 g/mol. The molecule has 15 heavy (non-hydrogen) atoms. The number of hydrogen-bond acceptors (Lipinski definition) is 2. The van der Waals surface area contributed by atoms with Crippen LogP contribution in [0.3, 0.4) is 0 Å². The van der Waals surface area contributed by atoms with Gasteiger partial charge in [-0.2, -0.15) is 0 Å². The molecule has 0 aliphatic heterocycles. The molecule has 1 aromatic heterocycles. The van der Waals surface area contributed by atoms with Gasteiger partial charge in [0.05, 0.1) is 8.45 Å². The lowest BCUT2D eigenvalue weighted by Gasteiger charge is -2.25. The van der Waals surface area contributed by atoms with E-state index in [0.717, 1.165) is 21.3 Å². The first-order chi connectivity index (χ1) is 7.10. The summed E-state index contributed by atoms with van der Waals surface area (Å²) in [5.41, 5.74) is 0.818. The molecule has 0 bridgehead atoms. The van der Waals surface area contributed by atoms with E-state index in [1.807, 2.05) is 23.4 Å². The maximum Gasteiger partial charge on any atom is 0.254 e. The molecule has 0 aliphatic carbocycles. The molecule has 0 radical (unpaired) electrons. The summed E-state index contributed by atoms with van der Waals surface area (Å²) < 4.78 is 1.16. The van der Waals surface area contributed by atoms with Gasteiger partial charge in [-0.25, -0.2) is 0 Å². The minimum Gasteiger partial charge on any atom is -0.339 e. The second kappa shape index (κ2) is 5.84. The van der Waals surface area contributed by atoms with E-state index in [2.05, 4.69) is 36.4 Å². The van der Waals surface area contributed by atoms with Crippen molar-refractivity contribution >= 4 is 39.8 Å². The van der Waals surface area contributed by atoms with E-state index in [4.69, 9.17) is 0 Å². The summed E-state index contributed by atoms with van der Waals surface area (Å²) in [4.78, 5) is 13.9. The number of halogens is 1. The molecule has 0 spiro atoms. The van der Waals surface area contributed by atoms with Gasteiger partial charge >= 0.3 is 0 Å². The maximum absolute atomic E-state index is 12.0. The molecule has 1 rings (SSSR count). The van der Waals surface area contributed by atoms with Crippen molar-refractivity contribution in [2.45, 2.75) is 32.7 Å². The molecule has 0 saturated carbocycles.